The minimum absolute atomic E-state index is 0. The van der Waals surface area contributed by atoms with Crippen molar-refractivity contribution < 1.29 is 23.5 Å². The van der Waals surface area contributed by atoms with E-state index in [1.807, 2.05) is 0 Å². The van der Waals surface area contributed by atoms with E-state index in [2.05, 4.69) is 219 Å². The van der Waals surface area contributed by atoms with Gasteiger partial charge in [-0.15, -0.1) is 63.1 Å². The van der Waals surface area contributed by atoms with Gasteiger partial charge in [0.1, 0.15) is 0 Å². The van der Waals surface area contributed by atoms with Crippen molar-refractivity contribution in [2.45, 2.75) is 313 Å². The van der Waals surface area contributed by atoms with Crippen LogP contribution in [0.4, 0.5) is 23.5 Å². The molecule has 0 nitrogen and oxygen atoms in total. The first kappa shape index (κ1) is 85.5. The fourth-order valence-corrected chi connectivity index (χ4v) is 15.9. The Hall–Kier alpha value is -2.50. The predicted octanol–water partition coefficient (Wildman–Crippen LogP) is 28.0. The molecule has 0 spiro atoms. The molecule has 0 unspecified atom stereocenters. The zero-order valence-corrected chi connectivity index (χ0v) is 60.8. The number of benzene rings is 5. The number of thiol groups is 5. The van der Waals surface area contributed by atoms with Gasteiger partial charge in [0, 0.05) is 24.5 Å². The number of hydrogen-bond acceptors (Lipinski definition) is 5. The molecule has 0 aliphatic heterocycles. The summed E-state index contributed by atoms with van der Waals surface area (Å²) in [6, 6.07) is 43.9. The molecule has 5 aliphatic carbocycles. The quantitative estimate of drug-likeness (QED) is 0.0372. The van der Waals surface area contributed by atoms with Gasteiger partial charge in [-0.1, -0.05) is 192 Å². The third-order valence-corrected chi connectivity index (χ3v) is 22.4. The van der Waals surface area contributed by atoms with Crippen LogP contribution in [0.25, 0.3) is 0 Å². The topological polar surface area (TPSA) is 0 Å². The van der Waals surface area contributed by atoms with Gasteiger partial charge >= 0.3 is 0 Å². The Morgan fingerprint density at radius 2 is 0.333 bits per heavy atom. The van der Waals surface area contributed by atoms with Crippen molar-refractivity contribution >= 4 is 63.1 Å². The first-order valence-electron chi connectivity index (χ1n) is 35.4. The van der Waals surface area contributed by atoms with Crippen molar-refractivity contribution in [1.29, 1.82) is 0 Å². The summed E-state index contributed by atoms with van der Waals surface area (Å²) in [5.41, 5.74) is 7.62. The highest BCUT2D eigenvalue weighted by molar-refractivity contribution is 7.81. The monoisotopic (exact) mass is 1340 g/mol. The maximum absolute atomic E-state index is 4.35. The van der Waals surface area contributed by atoms with Gasteiger partial charge in [0.15, 0.2) is 0 Å². The fourth-order valence-electron chi connectivity index (χ4n) is 15.1. The van der Waals surface area contributed by atoms with E-state index < -0.39 is 0 Å². The van der Waals surface area contributed by atoms with Gasteiger partial charge in [0.2, 0.25) is 0 Å². The van der Waals surface area contributed by atoms with Gasteiger partial charge in [-0.2, -0.15) is 0 Å². The molecule has 0 radical (unpaired) electrons. The fraction of sp³-hybridized carbons (Fsp3) is 0.625. The molecule has 5 aliphatic rings. The Labute approximate surface area is 574 Å². The van der Waals surface area contributed by atoms with E-state index in [-0.39, 0.29) is 23.5 Å². The van der Waals surface area contributed by atoms with Crippen molar-refractivity contribution in [1.82, 2.24) is 0 Å². The van der Waals surface area contributed by atoms with Crippen molar-refractivity contribution in [3.05, 3.63) is 149 Å². The average molecular weight is 1340 g/mol. The maximum Gasteiger partial charge on any atom is 0.00401 e. The van der Waals surface area contributed by atoms with Crippen LogP contribution in [0.1, 0.15) is 317 Å². The first-order chi connectivity index (χ1) is 41.5. The maximum atomic E-state index is 4.35. The van der Waals surface area contributed by atoms with Crippen molar-refractivity contribution in [2.75, 3.05) is 0 Å². The summed E-state index contributed by atoms with van der Waals surface area (Å²) in [5.74, 6) is 9.08. The van der Waals surface area contributed by atoms with E-state index in [1.165, 1.54) is 253 Å². The molecule has 0 heterocycles. The van der Waals surface area contributed by atoms with Crippen LogP contribution in [0.3, 0.4) is 0 Å². The molecule has 5 fully saturated rings. The van der Waals surface area contributed by atoms with Gasteiger partial charge in [0.05, 0.1) is 0 Å². The lowest BCUT2D eigenvalue weighted by Gasteiger charge is -2.28. The van der Waals surface area contributed by atoms with Crippen LogP contribution < -0.4 is 0 Å². The van der Waals surface area contributed by atoms with Gasteiger partial charge in [-0.3, -0.25) is 23.5 Å². The highest BCUT2D eigenvalue weighted by atomic mass is 32.1. The van der Waals surface area contributed by atoms with Crippen LogP contribution >= 0.6 is 63.1 Å². The molecular weight excluding hydrogens is 1220 g/mol. The minimum Gasteiger partial charge on any atom is -0.269 e. The second-order valence-electron chi connectivity index (χ2n) is 27.3. The Morgan fingerprint density at radius 1 is 0.211 bits per heavy atom. The summed E-state index contributed by atoms with van der Waals surface area (Å²) in [7, 11) is 0. The molecule has 10 rings (SSSR count). The molecule has 90 heavy (non-hydrogen) atoms. The Bertz CT molecular complexity index is 2030. The van der Waals surface area contributed by atoms with Crippen LogP contribution in [0.15, 0.2) is 146 Å². The second kappa shape index (κ2) is 50.0. The van der Waals surface area contributed by atoms with Crippen molar-refractivity contribution in [2.24, 2.45) is 29.6 Å². The SMILES string of the molecule is CCCCC1CCC(c2ccc(S)cc2)CC1.CCCCC1CCC(c2ccc(S)cc2)CC1.CCCCC1CCC(c2ccc(S)cc2)CC1.CCCCC1CCC(c2ccc(S)cc2)CC1.CCCCC1CCC(c2ccc(S)cc2)CC1.F.F.F.F.F. The van der Waals surface area contributed by atoms with Gasteiger partial charge < -0.3 is 0 Å². The molecule has 0 aromatic heterocycles. The summed E-state index contributed by atoms with van der Waals surface area (Å²) in [6.45, 7) is 11.5. The average Bonchev–Trinajstić information content (AvgIpc) is 3.64. The molecule has 10 heteroatoms. The van der Waals surface area contributed by atoms with E-state index in [1.54, 1.807) is 0 Å². The van der Waals surface area contributed by atoms with Gasteiger partial charge in [0.25, 0.3) is 0 Å². The first-order valence-corrected chi connectivity index (χ1v) is 37.6. The van der Waals surface area contributed by atoms with Crippen LogP contribution in [-0.4, -0.2) is 0 Å². The lowest BCUT2D eigenvalue weighted by Crippen LogP contribution is -2.13. The van der Waals surface area contributed by atoms with Gasteiger partial charge in [-0.25, -0.2) is 0 Å². The normalized spacial score (nSPS) is 23.4. The molecular formula is C80H125F5S5. The Kier molecular flexibility index (Phi) is 47.5. The summed E-state index contributed by atoms with van der Waals surface area (Å²) < 4.78 is 0. The zero-order valence-electron chi connectivity index (χ0n) is 56.3. The second-order valence-corrected chi connectivity index (χ2v) is 29.8. The largest absolute Gasteiger partial charge is 0.269 e. The summed E-state index contributed by atoms with van der Waals surface area (Å²) >= 11 is 21.7. The third kappa shape index (κ3) is 32.3. The molecule has 0 atom stereocenters. The van der Waals surface area contributed by atoms with E-state index in [9.17, 15) is 0 Å². The predicted molar refractivity (Wildman–Crippen MR) is 402 cm³/mol. The van der Waals surface area contributed by atoms with E-state index in [4.69, 9.17) is 0 Å². The molecule has 0 bridgehead atoms. The van der Waals surface area contributed by atoms with Crippen molar-refractivity contribution in [3.63, 3.8) is 0 Å². The van der Waals surface area contributed by atoms with Crippen LogP contribution in [0, 0.1) is 29.6 Å². The molecule has 510 valence electrons. The van der Waals surface area contributed by atoms with E-state index in [0.717, 1.165) is 83.7 Å². The molecule has 5 aromatic rings. The molecule has 0 saturated heterocycles. The van der Waals surface area contributed by atoms with Crippen LogP contribution in [0.2, 0.25) is 0 Å². The molecule has 5 saturated carbocycles. The van der Waals surface area contributed by atoms with E-state index in [0.29, 0.717) is 0 Å². The lowest BCUT2D eigenvalue weighted by molar-refractivity contribution is 0.304. The Morgan fingerprint density at radius 3 is 0.444 bits per heavy atom. The summed E-state index contributed by atoms with van der Waals surface area (Å²) in [4.78, 5) is 5.37. The van der Waals surface area contributed by atoms with Crippen molar-refractivity contribution in [3.8, 4) is 0 Å². The molecule has 0 N–H and O–H groups in total. The minimum atomic E-state index is 0. The van der Waals surface area contributed by atoms with Crippen LogP contribution in [-0.2, 0) is 0 Å². The highest BCUT2D eigenvalue weighted by Gasteiger charge is 2.26. The zero-order chi connectivity index (χ0) is 60.4. The smallest absolute Gasteiger partial charge is 0.00401 e. The lowest BCUT2D eigenvalue weighted by atomic mass is 9.77. The van der Waals surface area contributed by atoms with E-state index >= 15 is 0 Å². The Balaban J connectivity index is 0.000000555. The highest BCUT2D eigenvalue weighted by Crippen LogP contribution is 2.42. The van der Waals surface area contributed by atoms with Gasteiger partial charge in [-0.05, 0) is 276 Å². The number of halogens is 5. The summed E-state index contributed by atoms with van der Waals surface area (Å²) in [5, 5.41) is 0. The number of rotatable bonds is 20. The summed E-state index contributed by atoms with van der Waals surface area (Å²) in [6.07, 6.45) is 49.4. The molecule has 5 aromatic carbocycles. The third-order valence-electron chi connectivity index (χ3n) is 20.9. The number of hydrogen-bond donors (Lipinski definition) is 5. The molecule has 0 amide bonds. The van der Waals surface area contributed by atoms with Crippen LogP contribution in [0.5, 0.6) is 0 Å². The number of unbranched alkanes of at least 4 members (excludes halogenated alkanes) is 5. The standard InChI is InChI=1S/5C16H24S.5FH/c5*1-2-3-4-13-5-7-14(8-6-13)15-9-11-16(17)12-10-15;;;;;/h5*9-14,17H,2-8H2,1H3;5*1H.